The van der Waals surface area contributed by atoms with Gasteiger partial charge in [-0.3, -0.25) is 9.35 Å². The average molecular weight is 681 g/mol. The zero-order valence-electron chi connectivity index (χ0n) is 21.2. The molecule has 5 rings (SSSR count). The van der Waals surface area contributed by atoms with E-state index in [1.807, 2.05) is 0 Å². The highest BCUT2D eigenvalue weighted by molar-refractivity contribution is 8.19. The van der Waals surface area contributed by atoms with Crippen molar-refractivity contribution in [3.8, 4) is 0 Å². The summed E-state index contributed by atoms with van der Waals surface area (Å²) >= 11 is 2.37. The fourth-order valence-corrected chi connectivity index (χ4v) is 11.1. The van der Waals surface area contributed by atoms with Crippen molar-refractivity contribution in [2.75, 3.05) is 25.6 Å². The lowest BCUT2D eigenvalue weighted by molar-refractivity contribution is -0.202. The Morgan fingerprint density at radius 2 is 1.36 bits per heavy atom. The molecular weight excluding hydrogens is 656 g/mol. The van der Waals surface area contributed by atoms with E-state index >= 15 is 0 Å². The number of esters is 3. The van der Waals surface area contributed by atoms with Gasteiger partial charge < -0.3 is 14.2 Å². The molecule has 1 aliphatic heterocycles. The van der Waals surface area contributed by atoms with Crippen molar-refractivity contribution in [2.45, 2.75) is 59.0 Å². The highest BCUT2D eigenvalue weighted by atomic mass is 32.2. The summed E-state index contributed by atoms with van der Waals surface area (Å²) in [5.74, 6) is -7.72. The first-order valence-electron chi connectivity index (χ1n) is 12.4. The molecule has 0 aromatic heterocycles. The average Bonchev–Trinajstić information content (AvgIpc) is 2.85. The first-order chi connectivity index (χ1) is 19.1. The number of hydrogen-bond donors (Lipinski definition) is 1. The molecule has 240 valence electrons. The quantitative estimate of drug-likeness (QED) is 0.171. The maximum Gasteiger partial charge on any atom is 0.490 e. The summed E-state index contributed by atoms with van der Waals surface area (Å²) < 4.78 is 147. The second-order valence-corrected chi connectivity index (χ2v) is 15.6. The Labute approximate surface area is 241 Å². The summed E-state index contributed by atoms with van der Waals surface area (Å²) in [5, 5.41) is -5.75. The highest BCUT2D eigenvalue weighted by Crippen LogP contribution is 2.72. The lowest BCUT2D eigenvalue weighted by Crippen LogP contribution is -2.62. The van der Waals surface area contributed by atoms with Crippen molar-refractivity contribution in [3.63, 3.8) is 0 Å². The maximum absolute atomic E-state index is 13.7. The number of carbonyl (C=O) groups is 3. The van der Waals surface area contributed by atoms with Crippen LogP contribution in [0.15, 0.2) is 0 Å². The molecule has 1 heterocycles. The van der Waals surface area contributed by atoms with Gasteiger partial charge in [0.1, 0.15) is 6.61 Å². The van der Waals surface area contributed by atoms with Gasteiger partial charge in [0, 0.05) is 16.9 Å². The third-order valence-corrected chi connectivity index (χ3v) is 13.2. The van der Waals surface area contributed by atoms with Crippen LogP contribution in [-0.2, 0) is 38.7 Å². The summed E-state index contributed by atoms with van der Waals surface area (Å²) in [4.78, 5) is 35.6. The van der Waals surface area contributed by atoms with Gasteiger partial charge in [-0.05, 0) is 49.9 Å². The third kappa shape index (κ3) is 6.45. The minimum atomic E-state index is -5.84. The molecule has 4 bridgehead atoms. The number of hydrogen-bond acceptors (Lipinski definition) is 10. The third-order valence-electron chi connectivity index (χ3n) is 8.16. The standard InChI is InChI=1S/C22H24F8O9S3/c23-19(24,42(34,35)36)9-39-15(31)18-3-10-1-12(4-18)20(13(2-10)5-18)40-8-11(6-37-16(32)21(25,26)27)14(41-20)7-38-17(33)22(28,29)30/h10-14H,1-9H2,(H,34,35,36). The van der Waals surface area contributed by atoms with Crippen LogP contribution < -0.4 is 0 Å². The van der Waals surface area contributed by atoms with Crippen LogP contribution in [0.1, 0.15) is 32.1 Å². The van der Waals surface area contributed by atoms with Crippen molar-refractivity contribution in [1.29, 1.82) is 0 Å². The van der Waals surface area contributed by atoms with Crippen LogP contribution in [0.3, 0.4) is 0 Å². The Hall–Kier alpha value is -1.54. The van der Waals surface area contributed by atoms with Gasteiger partial charge in [-0.25, -0.2) is 9.59 Å². The molecule has 4 unspecified atom stereocenters. The van der Waals surface area contributed by atoms with E-state index in [-0.39, 0.29) is 42.8 Å². The molecule has 9 nitrogen and oxygen atoms in total. The SMILES string of the molecule is O=C(OCC1CSC2(SC1COC(=O)C(F)(F)F)C1CC3CC2CC(C(=O)OCC(F)(F)S(=O)(=O)O)(C3)C1)C(F)(F)F. The first-order valence-corrected chi connectivity index (χ1v) is 15.7. The lowest BCUT2D eigenvalue weighted by atomic mass is 9.49. The van der Waals surface area contributed by atoms with Gasteiger partial charge in [0.25, 0.3) is 0 Å². The number of alkyl halides is 8. The summed E-state index contributed by atoms with van der Waals surface area (Å²) in [6, 6.07) is 0. The maximum atomic E-state index is 13.7. The Bertz CT molecular complexity index is 1190. The van der Waals surface area contributed by atoms with Crippen LogP contribution >= 0.6 is 23.5 Å². The summed E-state index contributed by atoms with van der Waals surface area (Å²) in [7, 11) is -5.84. The highest BCUT2D eigenvalue weighted by Gasteiger charge is 2.67. The minimum absolute atomic E-state index is 0.0159. The molecule has 20 heteroatoms. The molecule has 4 atom stereocenters. The van der Waals surface area contributed by atoms with Gasteiger partial charge in [0.05, 0.1) is 16.1 Å². The van der Waals surface area contributed by atoms with E-state index in [4.69, 9.17) is 4.55 Å². The predicted molar refractivity (Wildman–Crippen MR) is 128 cm³/mol. The molecule has 1 saturated heterocycles. The molecule has 4 aliphatic carbocycles. The molecule has 0 aromatic rings. The molecule has 0 radical (unpaired) electrons. The van der Waals surface area contributed by atoms with E-state index in [0.29, 0.717) is 12.8 Å². The van der Waals surface area contributed by atoms with Gasteiger partial charge in [0.2, 0.25) is 0 Å². The molecule has 4 saturated carbocycles. The van der Waals surface area contributed by atoms with Gasteiger partial charge >= 0.3 is 45.6 Å². The molecule has 42 heavy (non-hydrogen) atoms. The van der Waals surface area contributed by atoms with Crippen molar-refractivity contribution in [1.82, 2.24) is 0 Å². The Morgan fingerprint density at radius 1 is 0.833 bits per heavy atom. The fraction of sp³-hybridized carbons (Fsp3) is 0.864. The van der Waals surface area contributed by atoms with Gasteiger partial charge in [-0.2, -0.15) is 43.5 Å². The van der Waals surface area contributed by atoms with Gasteiger partial charge in [-0.1, -0.05) is 0 Å². The molecule has 5 aliphatic rings. The molecule has 0 amide bonds. The molecule has 0 aromatic carbocycles. The first kappa shape index (κ1) is 33.4. The molecular formula is C22H24F8O9S3. The van der Waals surface area contributed by atoms with E-state index in [1.165, 1.54) is 11.8 Å². The van der Waals surface area contributed by atoms with E-state index in [0.717, 1.165) is 11.8 Å². The van der Waals surface area contributed by atoms with Crippen LogP contribution in [0.25, 0.3) is 0 Å². The molecule has 1 N–H and O–H groups in total. The molecule has 1 spiro atoms. The predicted octanol–water partition coefficient (Wildman–Crippen LogP) is 4.21. The van der Waals surface area contributed by atoms with Crippen LogP contribution in [-0.4, -0.2) is 83.4 Å². The fourth-order valence-electron chi connectivity index (χ4n) is 6.52. The largest absolute Gasteiger partial charge is 0.490 e. The zero-order chi connectivity index (χ0) is 31.5. The van der Waals surface area contributed by atoms with E-state index in [2.05, 4.69) is 14.2 Å². The normalized spacial score (nSPS) is 34.7. The van der Waals surface area contributed by atoms with Crippen molar-refractivity contribution in [2.24, 2.45) is 29.1 Å². The van der Waals surface area contributed by atoms with Crippen LogP contribution in [0.5, 0.6) is 0 Å². The number of halogens is 8. The lowest BCUT2D eigenvalue weighted by Gasteiger charge is -2.65. The smallest absolute Gasteiger partial charge is 0.459 e. The van der Waals surface area contributed by atoms with E-state index in [9.17, 15) is 57.9 Å². The van der Waals surface area contributed by atoms with Crippen molar-refractivity contribution in [3.05, 3.63) is 0 Å². The number of carbonyl (C=O) groups excluding carboxylic acids is 3. The second-order valence-electron chi connectivity index (χ2n) is 11.0. The second kappa shape index (κ2) is 11.1. The molecule has 5 fully saturated rings. The van der Waals surface area contributed by atoms with Crippen molar-refractivity contribution >= 4 is 51.5 Å². The Balaban J connectivity index is 1.51. The van der Waals surface area contributed by atoms with Crippen LogP contribution in [0.2, 0.25) is 0 Å². The summed E-state index contributed by atoms with van der Waals surface area (Å²) in [6.45, 7) is -3.55. The number of rotatable bonds is 8. The van der Waals surface area contributed by atoms with E-state index in [1.54, 1.807) is 0 Å². The minimum Gasteiger partial charge on any atom is -0.459 e. The van der Waals surface area contributed by atoms with Gasteiger partial charge in [-0.15, -0.1) is 23.5 Å². The summed E-state index contributed by atoms with van der Waals surface area (Å²) in [5.41, 5.74) is -1.25. The zero-order valence-corrected chi connectivity index (χ0v) is 23.7. The van der Waals surface area contributed by atoms with E-state index < -0.39 is 86.1 Å². The Kier molecular flexibility index (Phi) is 8.83. The number of ether oxygens (including phenoxy) is 3. The monoisotopic (exact) mass is 680 g/mol. The van der Waals surface area contributed by atoms with Crippen molar-refractivity contribution < 1.29 is 76.7 Å². The van der Waals surface area contributed by atoms with Gasteiger partial charge in [0.15, 0.2) is 6.61 Å². The number of thioether (sulfide) groups is 2. The summed E-state index contributed by atoms with van der Waals surface area (Å²) in [6.07, 6.45) is -9.09. The topological polar surface area (TPSA) is 133 Å². The Morgan fingerprint density at radius 3 is 1.86 bits per heavy atom. The van der Waals surface area contributed by atoms with Crippen LogP contribution in [0.4, 0.5) is 35.1 Å². The van der Waals surface area contributed by atoms with Crippen LogP contribution in [0, 0.1) is 29.1 Å².